The Morgan fingerprint density at radius 2 is 1.94 bits per heavy atom. The van der Waals surface area contributed by atoms with Gasteiger partial charge in [0.1, 0.15) is 11.6 Å². The van der Waals surface area contributed by atoms with E-state index in [1.165, 1.54) is 12.1 Å². The second-order valence-corrected chi connectivity index (χ2v) is 4.39. The van der Waals surface area contributed by atoms with Crippen LogP contribution in [0.1, 0.15) is 18.4 Å². The number of nitrogens with two attached hydrogens (primary N) is 1. The fraction of sp³-hybridized carbons (Fsp3) is 0.500. The Balaban J connectivity index is 2.13. The molecule has 1 saturated heterocycles. The van der Waals surface area contributed by atoms with Gasteiger partial charge in [-0.2, -0.15) is 0 Å². The van der Waals surface area contributed by atoms with E-state index in [9.17, 15) is 8.78 Å². The van der Waals surface area contributed by atoms with Gasteiger partial charge in [0.05, 0.1) is 0 Å². The summed E-state index contributed by atoms with van der Waals surface area (Å²) in [7, 11) is 0. The molecule has 88 valence electrons. The van der Waals surface area contributed by atoms with Crippen LogP contribution >= 0.6 is 0 Å². The lowest BCUT2D eigenvalue weighted by Gasteiger charge is -2.33. The molecular formula is C12H15F2NO. The lowest BCUT2D eigenvalue weighted by Crippen LogP contribution is -2.47. The molecule has 2 nitrogen and oxygen atoms in total. The zero-order valence-electron chi connectivity index (χ0n) is 9.01. The Morgan fingerprint density at radius 1 is 1.25 bits per heavy atom. The highest BCUT2D eigenvalue weighted by Gasteiger charge is 2.29. The fourth-order valence-electron chi connectivity index (χ4n) is 2.00. The Hall–Kier alpha value is -1.00. The standard InChI is InChI=1S/C12H15F2NO/c13-10-2-1-9(11(14)7-10)8-12(15)3-5-16-6-4-12/h1-2,7H,3-6,8,15H2. The van der Waals surface area contributed by atoms with Gasteiger partial charge in [0.25, 0.3) is 0 Å². The lowest BCUT2D eigenvalue weighted by atomic mass is 9.85. The number of benzene rings is 1. The van der Waals surface area contributed by atoms with Crippen LogP contribution < -0.4 is 5.73 Å². The minimum Gasteiger partial charge on any atom is -0.381 e. The molecule has 1 aliphatic rings. The summed E-state index contributed by atoms with van der Waals surface area (Å²) in [4.78, 5) is 0. The SMILES string of the molecule is NC1(Cc2ccc(F)cc2F)CCOCC1. The molecule has 0 radical (unpaired) electrons. The van der Waals surface area contributed by atoms with Gasteiger partial charge in [0.2, 0.25) is 0 Å². The van der Waals surface area contributed by atoms with Gasteiger partial charge in [-0.25, -0.2) is 8.78 Å². The van der Waals surface area contributed by atoms with Gasteiger partial charge in [0, 0.05) is 24.8 Å². The van der Waals surface area contributed by atoms with Crippen molar-refractivity contribution < 1.29 is 13.5 Å². The van der Waals surface area contributed by atoms with Crippen molar-refractivity contribution in [1.29, 1.82) is 0 Å². The first-order chi connectivity index (χ1) is 7.59. The Bertz CT molecular complexity index is 375. The van der Waals surface area contributed by atoms with Crippen molar-refractivity contribution in [2.24, 2.45) is 5.73 Å². The van der Waals surface area contributed by atoms with Gasteiger partial charge in [-0.1, -0.05) is 6.07 Å². The minimum absolute atomic E-state index is 0.420. The number of ether oxygens (including phenoxy) is 1. The smallest absolute Gasteiger partial charge is 0.129 e. The maximum Gasteiger partial charge on any atom is 0.129 e. The van der Waals surface area contributed by atoms with Crippen LogP contribution in [-0.2, 0) is 11.2 Å². The van der Waals surface area contributed by atoms with Crippen molar-refractivity contribution in [2.75, 3.05) is 13.2 Å². The molecule has 1 heterocycles. The van der Waals surface area contributed by atoms with Gasteiger partial charge >= 0.3 is 0 Å². The van der Waals surface area contributed by atoms with Crippen LogP contribution in [0.15, 0.2) is 18.2 Å². The molecule has 1 fully saturated rings. The summed E-state index contributed by atoms with van der Waals surface area (Å²) in [5, 5.41) is 0. The van der Waals surface area contributed by atoms with Crippen LogP contribution in [0.25, 0.3) is 0 Å². The number of halogens is 2. The first-order valence-electron chi connectivity index (χ1n) is 5.40. The maximum absolute atomic E-state index is 13.4. The first-order valence-corrected chi connectivity index (χ1v) is 5.40. The Labute approximate surface area is 93.4 Å². The molecule has 4 heteroatoms. The molecule has 0 bridgehead atoms. The summed E-state index contributed by atoms with van der Waals surface area (Å²) in [6, 6.07) is 3.63. The van der Waals surface area contributed by atoms with Crippen LogP contribution in [0.2, 0.25) is 0 Å². The summed E-state index contributed by atoms with van der Waals surface area (Å²) in [6.07, 6.45) is 1.86. The molecular weight excluding hydrogens is 212 g/mol. The lowest BCUT2D eigenvalue weighted by molar-refractivity contribution is 0.0530. The van der Waals surface area contributed by atoms with Crippen LogP contribution in [0.4, 0.5) is 8.78 Å². The molecule has 2 rings (SSSR count). The maximum atomic E-state index is 13.4. The minimum atomic E-state index is -0.556. The highest BCUT2D eigenvalue weighted by molar-refractivity contribution is 5.21. The first kappa shape index (κ1) is 11.5. The van der Waals surface area contributed by atoms with E-state index in [4.69, 9.17) is 10.5 Å². The van der Waals surface area contributed by atoms with E-state index in [0.717, 1.165) is 6.07 Å². The number of hydrogen-bond donors (Lipinski definition) is 1. The molecule has 0 saturated carbocycles. The molecule has 0 aliphatic carbocycles. The third-order valence-electron chi connectivity index (χ3n) is 3.05. The number of hydrogen-bond acceptors (Lipinski definition) is 2. The van der Waals surface area contributed by atoms with Gasteiger partial charge in [0.15, 0.2) is 0 Å². The summed E-state index contributed by atoms with van der Waals surface area (Å²) < 4.78 is 31.4. The van der Waals surface area contributed by atoms with E-state index < -0.39 is 17.2 Å². The third kappa shape index (κ3) is 2.57. The second-order valence-electron chi connectivity index (χ2n) is 4.39. The average molecular weight is 227 g/mol. The van der Waals surface area contributed by atoms with Gasteiger partial charge in [-0.3, -0.25) is 0 Å². The molecule has 0 atom stereocenters. The molecule has 16 heavy (non-hydrogen) atoms. The molecule has 0 spiro atoms. The van der Waals surface area contributed by atoms with Crippen molar-refractivity contribution in [3.05, 3.63) is 35.4 Å². The predicted octanol–water partition coefficient (Wildman–Crippen LogP) is 2.02. The van der Waals surface area contributed by atoms with Gasteiger partial charge in [-0.15, -0.1) is 0 Å². The highest BCUT2D eigenvalue weighted by Crippen LogP contribution is 2.24. The molecule has 1 aromatic rings. The van der Waals surface area contributed by atoms with Crippen molar-refractivity contribution >= 4 is 0 Å². The van der Waals surface area contributed by atoms with E-state index in [2.05, 4.69) is 0 Å². The predicted molar refractivity (Wildman–Crippen MR) is 57.0 cm³/mol. The topological polar surface area (TPSA) is 35.2 Å². The second kappa shape index (κ2) is 4.47. The summed E-state index contributed by atoms with van der Waals surface area (Å²) in [5.41, 5.74) is 6.22. The van der Waals surface area contributed by atoms with E-state index in [1.54, 1.807) is 0 Å². The molecule has 2 N–H and O–H groups in total. The van der Waals surface area contributed by atoms with E-state index >= 15 is 0 Å². The van der Waals surface area contributed by atoms with E-state index in [-0.39, 0.29) is 0 Å². The van der Waals surface area contributed by atoms with Crippen molar-refractivity contribution in [3.63, 3.8) is 0 Å². The van der Waals surface area contributed by atoms with Crippen molar-refractivity contribution in [1.82, 2.24) is 0 Å². The third-order valence-corrected chi connectivity index (χ3v) is 3.05. The Morgan fingerprint density at radius 3 is 2.56 bits per heavy atom. The van der Waals surface area contributed by atoms with Gasteiger partial charge < -0.3 is 10.5 Å². The monoisotopic (exact) mass is 227 g/mol. The van der Waals surface area contributed by atoms with Crippen molar-refractivity contribution in [2.45, 2.75) is 24.8 Å². The molecule has 0 unspecified atom stereocenters. The highest BCUT2D eigenvalue weighted by atomic mass is 19.1. The van der Waals surface area contributed by atoms with Crippen LogP contribution in [0, 0.1) is 11.6 Å². The fourth-order valence-corrected chi connectivity index (χ4v) is 2.00. The molecule has 0 aromatic heterocycles. The van der Waals surface area contributed by atoms with E-state index in [0.29, 0.717) is 38.0 Å². The zero-order valence-corrected chi connectivity index (χ0v) is 9.01. The molecule has 1 aromatic carbocycles. The summed E-state index contributed by atoms with van der Waals surface area (Å²) >= 11 is 0. The average Bonchev–Trinajstić information content (AvgIpc) is 2.23. The van der Waals surface area contributed by atoms with Crippen LogP contribution in [-0.4, -0.2) is 18.8 Å². The van der Waals surface area contributed by atoms with Gasteiger partial charge in [-0.05, 0) is 30.9 Å². The quantitative estimate of drug-likeness (QED) is 0.838. The van der Waals surface area contributed by atoms with E-state index in [1.807, 2.05) is 0 Å². The molecule has 0 amide bonds. The normalized spacial score (nSPS) is 19.7. The Kier molecular flexibility index (Phi) is 3.21. The van der Waals surface area contributed by atoms with Crippen LogP contribution in [0.3, 0.4) is 0 Å². The summed E-state index contributed by atoms with van der Waals surface area (Å²) in [6.45, 7) is 1.22. The summed E-state index contributed by atoms with van der Waals surface area (Å²) in [5.74, 6) is -1.07. The largest absolute Gasteiger partial charge is 0.381 e. The molecule has 1 aliphatic heterocycles. The van der Waals surface area contributed by atoms with Crippen LogP contribution in [0.5, 0.6) is 0 Å². The zero-order chi connectivity index (χ0) is 11.6. The van der Waals surface area contributed by atoms with Crippen molar-refractivity contribution in [3.8, 4) is 0 Å². The number of rotatable bonds is 2.